The Kier molecular flexibility index (Phi) is 4.25. The third-order valence-corrected chi connectivity index (χ3v) is 4.60. The molecule has 4 aromatic rings. The van der Waals surface area contributed by atoms with Gasteiger partial charge in [0.2, 0.25) is 0 Å². The molecule has 27 heavy (non-hydrogen) atoms. The number of nitrogens with one attached hydrogen (secondary N) is 1. The maximum Gasteiger partial charge on any atom is 0.287 e. The van der Waals surface area contributed by atoms with E-state index in [4.69, 9.17) is 4.42 Å². The Bertz CT molecular complexity index is 1210. The normalized spacial score (nSPS) is 12.4. The van der Waals surface area contributed by atoms with Crippen molar-refractivity contribution in [2.45, 2.75) is 6.10 Å². The van der Waals surface area contributed by atoms with Crippen LogP contribution in [0.15, 0.2) is 70.0 Å². The molecule has 4 rings (SSSR count). The first-order valence-electron chi connectivity index (χ1n) is 8.57. The number of aryl methyl sites for hydroxylation is 1. The van der Waals surface area contributed by atoms with Gasteiger partial charge in [0.15, 0.2) is 11.2 Å². The van der Waals surface area contributed by atoms with Crippen molar-refractivity contribution in [3.05, 3.63) is 82.3 Å². The Balaban J connectivity index is 1.54. The summed E-state index contributed by atoms with van der Waals surface area (Å²) >= 11 is 0. The Morgan fingerprint density at radius 2 is 1.85 bits per heavy atom. The molecule has 2 heterocycles. The van der Waals surface area contributed by atoms with E-state index in [9.17, 15) is 14.7 Å². The van der Waals surface area contributed by atoms with Gasteiger partial charge in [0.1, 0.15) is 5.58 Å². The molecule has 0 fully saturated rings. The number of nitrogens with zero attached hydrogens (tertiary/aromatic N) is 1. The van der Waals surface area contributed by atoms with Crippen LogP contribution in [-0.4, -0.2) is 22.1 Å². The van der Waals surface area contributed by atoms with Crippen LogP contribution in [0.25, 0.3) is 21.9 Å². The molecular formula is C21H18N2O4. The number of fused-ring (bicyclic) bond motifs is 2. The van der Waals surface area contributed by atoms with Crippen molar-refractivity contribution in [1.82, 2.24) is 9.88 Å². The Hall–Kier alpha value is -3.38. The summed E-state index contributed by atoms with van der Waals surface area (Å²) in [6, 6.07) is 15.7. The minimum Gasteiger partial charge on any atom is -0.451 e. The van der Waals surface area contributed by atoms with E-state index in [-0.39, 0.29) is 17.7 Å². The Morgan fingerprint density at radius 3 is 2.67 bits per heavy atom. The van der Waals surface area contributed by atoms with Gasteiger partial charge in [-0.25, -0.2) is 0 Å². The number of para-hydroxylation sites is 2. The highest BCUT2D eigenvalue weighted by molar-refractivity contribution is 5.93. The summed E-state index contributed by atoms with van der Waals surface area (Å²) in [6.07, 6.45) is 0.963. The maximum atomic E-state index is 12.4. The number of carbonyl (C=O) groups excluding carboxylic acids is 1. The number of rotatable bonds is 4. The van der Waals surface area contributed by atoms with Crippen molar-refractivity contribution >= 4 is 27.8 Å². The number of carbonyl (C=O) groups is 1. The third-order valence-electron chi connectivity index (χ3n) is 4.60. The largest absolute Gasteiger partial charge is 0.451 e. The van der Waals surface area contributed by atoms with Crippen LogP contribution < -0.4 is 10.7 Å². The lowest BCUT2D eigenvalue weighted by atomic mass is 10.1. The van der Waals surface area contributed by atoms with Gasteiger partial charge < -0.3 is 19.4 Å². The van der Waals surface area contributed by atoms with Crippen molar-refractivity contribution < 1.29 is 14.3 Å². The van der Waals surface area contributed by atoms with Gasteiger partial charge in [0.25, 0.3) is 5.91 Å². The van der Waals surface area contributed by atoms with Crippen LogP contribution in [0.5, 0.6) is 0 Å². The first-order valence-corrected chi connectivity index (χ1v) is 8.57. The highest BCUT2D eigenvalue weighted by Gasteiger charge is 2.17. The highest BCUT2D eigenvalue weighted by Crippen LogP contribution is 2.25. The van der Waals surface area contributed by atoms with E-state index in [0.717, 1.165) is 16.5 Å². The summed E-state index contributed by atoms with van der Waals surface area (Å²) in [4.78, 5) is 24.5. The van der Waals surface area contributed by atoms with Gasteiger partial charge in [-0.05, 0) is 18.2 Å². The van der Waals surface area contributed by atoms with E-state index in [1.54, 1.807) is 24.3 Å². The van der Waals surface area contributed by atoms with E-state index in [2.05, 4.69) is 5.32 Å². The number of hydrogen-bond acceptors (Lipinski definition) is 4. The molecule has 6 nitrogen and oxygen atoms in total. The highest BCUT2D eigenvalue weighted by atomic mass is 16.3. The molecular weight excluding hydrogens is 344 g/mol. The van der Waals surface area contributed by atoms with E-state index < -0.39 is 12.0 Å². The number of hydrogen-bond donors (Lipinski definition) is 2. The minimum absolute atomic E-state index is 0.00335. The van der Waals surface area contributed by atoms with E-state index in [0.29, 0.717) is 11.0 Å². The number of aliphatic hydroxyl groups is 1. The lowest BCUT2D eigenvalue weighted by Crippen LogP contribution is -2.29. The van der Waals surface area contributed by atoms with Gasteiger partial charge in [0.05, 0.1) is 11.5 Å². The first kappa shape index (κ1) is 17.1. The molecule has 2 aromatic heterocycles. The Morgan fingerprint density at radius 1 is 1.15 bits per heavy atom. The van der Waals surface area contributed by atoms with Crippen molar-refractivity contribution in [2.75, 3.05) is 6.54 Å². The summed E-state index contributed by atoms with van der Waals surface area (Å²) in [5, 5.41) is 14.5. The predicted octanol–water partition coefficient (Wildman–Crippen LogP) is 2.75. The van der Waals surface area contributed by atoms with Gasteiger partial charge in [-0.2, -0.15) is 0 Å². The summed E-state index contributed by atoms with van der Waals surface area (Å²) in [5.74, 6) is -0.624. The van der Waals surface area contributed by atoms with Gasteiger partial charge in [-0.1, -0.05) is 30.3 Å². The smallest absolute Gasteiger partial charge is 0.287 e. The molecule has 0 saturated carbocycles. The topological polar surface area (TPSA) is 84.5 Å². The second kappa shape index (κ2) is 6.74. The summed E-state index contributed by atoms with van der Waals surface area (Å²) in [5.41, 5.74) is 1.80. The molecule has 0 aliphatic heterocycles. The monoisotopic (exact) mass is 362 g/mol. The zero-order chi connectivity index (χ0) is 19.0. The van der Waals surface area contributed by atoms with E-state index >= 15 is 0 Å². The van der Waals surface area contributed by atoms with Gasteiger partial charge in [-0.3, -0.25) is 9.59 Å². The lowest BCUT2D eigenvalue weighted by Gasteiger charge is -2.11. The average Bonchev–Trinajstić information content (AvgIpc) is 3.03. The molecule has 6 heteroatoms. The minimum atomic E-state index is -0.882. The van der Waals surface area contributed by atoms with E-state index in [1.807, 2.05) is 42.1 Å². The van der Waals surface area contributed by atoms with Crippen molar-refractivity contribution in [2.24, 2.45) is 7.05 Å². The molecule has 1 unspecified atom stereocenters. The quantitative estimate of drug-likeness (QED) is 0.585. The summed E-state index contributed by atoms with van der Waals surface area (Å²) in [7, 11) is 1.90. The SMILES string of the molecule is Cn1cc(C(O)CNC(=O)c2cc(=O)c3ccccc3o2)c2ccccc21. The molecule has 1 atom stereocenters. The van der Waals surface area contributed by atoms with Gasteiger partial charge in [0, 0.05) is 42.3 Å². The van der Waals surface area contributed by atoms with Crippen LogP contribution in [0.2, 0.25) is 0 Å². The molecule has 0 aliphatic carbocycles. The zero-order valence-corrected chi connectivity index (χ0v) is 14.7. The van der Waals surface area contributed by atoms with Crippen LogP contribution in [0, 0.1) is 0 Å². The number of aliphatic hydroxyl groups excluding tert-OH is 1. The molecule has 0 saturated heterocycles. The fourth-order valence-corrected chi connectivity index (χ4v) is 3.24. The molecule has 136 valence electrons. The molecule has 0 bridgehead atoms. The van der Waals surface area contributed by atoms with Crippen molar-refractivity contribution in [3.63, 3.8) is 0 Å². The zero-order valence-electron chi connectivity index (χ0n) is 14.7. The van der Waals surface area contributed by atoms with Crippen molar-refractivity contribution in [3.8, 4) is 0 Å². The van der Waals surface area contributed by atoms with Crippen LogP contribution >= 0.6 is 0 Å². The lowest BCUT2D eigenvalue weighted by molar-refractivity contribution is 0.0890. The fourth-order valence-electron chi connectivity index (χ4n) is 3.24. The van der Waals surface area contributed by atoms with Crippen LogP contribution in [0.4, 0.5) is 0 Å². The third kappa shape index (κ3) is 3.11. The number of amides is 1. The molecule has 1 amide bonds. The Labute approximate surface area is 154 Å². The maximum absolute atomic E-state index is 12.4. The first-order chi connectivity index (χ1) is 13.0. The van der Waals surface area contributed by atoms with Gasteiger partial charge >= 0.3 is 0 Å². The second-order valence-corrected chi connectivity index (χ2v) is 6.41. The fraction of sp³-hybridized carbons (Fsp3) is 0.143. The number of benzene rings is 2. The molecule has 0 aliphatic rings. The standard InChI is InChI=1S/C21H18N2O4/c1-23-12-15(13-6-2-4-8-16(13)23)18(25)11-22-21(26)20-10-17(24)14-7-3-5-9-19(14)27-20/h2-10,12,18,25H,11H2,1H3,(H,22,26). The molecule has 0 radical (unpaired) electrons. The van der Waals surface area contributed by atoms with Crippen LogP contribution in [0.1, 0.15) is 22.2 Å². The van der Waals surface area contributed by atoms with Crippen LogP contribution in [-0.2, 0) is 7.05 Å². The summed E-state index contributed by atoms with van der Waals surface area (Å²) < 4.78 is 7.45. The molecule has 0 spiro atoms. The van der Waals surface area contributed by atoms with Crippen molar-refractivity contribution in [1.29, 1.82) is 0 Å². The molecule has 2 aromatic carbocycles. The average molecular weight is 362 g/mol. The van der Waals surface area contributed by atoms with Gasteiger partial charge in [-0.15, -0.1) is 0 Å². The molecule has 2 N–H and O–H groups in total. The number of aromatic nitrogens is 1. The second-order valence-electron chi connectivity index (χ2n) is 6.41. The van der Waals surface area contributed by atoms with Crippen LogP contribution in [0.3, 0.4) is 0 Å². The summed E-state index contributed by atoms with van der Waals surface area (Å²) in [6.45, 7) is 0.00335. The van der Waals surface area contributed by atoms with E-state index in [1.165, 1.54) is 6.07 Å². The predicted molar refractivity (Wildman–Crippen MR) is 103 cm³/mol.